The SMILES string of the molecule is CN1c2c(cccc2[N+](=O)[O-])-c2ncc(F)cc2C1(O)O. The van der Waals surface area contributed by atoms with E-state index in [2.05, 4.69) is 4.98 Å². The zero-order valence-electron chi connectivity index (χ0n) is 10.8. The van der Waals surface area contributed by atoms with E-state index in [9.17, 15) is 24.7 Å². The van der Waals surface area contributed by atoms with Gasteiger partial charge in [-0.1, -0.05) is 12.1 Å². The average Bonchev–Trinajstić information content (AvgIpc) is 2.44. The van der Waals surface area contributed by atoms with Crippen LogP contribution in [-0.4, -0.2) is 27.2 Å². The quantitative estimate of drug-likeness (QED) is 0.467. The molecule has 7 nitrogen and oxygen atoms in total. The Hall–Kier alpha value is -2.58. The number of para-hydroxylation sites is 1. The van der Waals surface area contributed by atoms with Crippen molar-refractivity contribution in [3.8, 4) is 11.3 Å². The van der Waals surface area contributed by atoms with E-state index in [0.29, 0.717) is 5.56 Å². The van der Waals surface area contributed by atoms with Gasteiger partial charge in [0.2, 0.25) is 0 Å². The zero-order chi connectivity index (χ0) is 15.4. The molecule has 2 aromatic rings. The van der Waals surface area contributed by atoms with E-state index >= 15 is 0 Å². The molecule has 0 amide bonds. The summed E-state index contributed by atoms with van der Waals surface area (Å²) in [5.74, 6) is -3.33. The number of rotatable bonds is 1. The summed E-state index contributed by atoms with van der Waals surface area (Å²) in [6, 6.07) is 5.21. The van der Waals surface area contributed by atoms with E-state index < -0.39 is 16.7 Å². The number of hydrogen-bond acceptors (Lipinski definition) is 6. The molecule has 1 aromatic heterocycles. The van der Waals surface area contributed by atoms with E-state index in [0.717, 1.165) is 17.2 Å². The number of fused-ring (bicyclic) bond motifs is 3. The molecular formula is C13H10FN3O4. The molecule has 2 N–H and O–H groups in total. The summed E-state index contributed by atoms with van der Waals surface area (Å²) in [5, 5.41) is 31.6. The molecule has 1 aliphatic rings. The van der Waals surface area contributed by atoms with Crippen LogP contribution in [0, 0.1) is 15.9 Å². The first-order chi connectivity index (χ1) is 9.84. The van der Waals surface area contributed by atoms with Crippen LogP contribution in [0.5, 0.6) is 0 Å². The van der Waals surface area contributed by atoms with Gasteiger partial charge in [0.05, 0.1) is 22.4 Å². The molecule has 0 saturated heterocycles. The molecule has 3 rings (SSSR count). The van der Waals surface area contributed by atoms with E-state index in [1.807, 2.05) is 0 Å². The summed E-state index contributed by atoms with van der Waals surface area (Å²) in [4.78, 5) is 15.3. The summed E-state index contributed by atoms with van der Waals surface area (Å²) in [6.45, 7) is 0. The van der Waals surface area contributed by atoms with Gasteiger partial charge in [0.25, 0.3) is 11.6 Å². The van der Waals surface area contributed by atoms with Crippen molar-refractivity contribution in [1.82, 2.24) is 4.98 Å². The maximum absolute atomic E-state index is 13.3. The maximum atomic E-state index is 13.3. The normalized spacial score (nSPS) is 15.3. The largest absolute Gasteiger partial charge is 0.345 e. The van der Waals surface area contributed by atoms with E-state index in [-0.39, 0.29) is 22.6 Å². The number of nitro benzene ring substituents is 1. The highest BCUT2D eigenvalue weighted by Crippen LogP contribution is 2.47. The van der Waals surface area contributed by atoms with Crippen LogP contribution < -0.4 is 4.90 Å². The number of aliphatic hydroxyl groups is 2. The summed E-state index contributed by atoms with van der Waals surface area (Å²) in [6.07, 6.45) is 0.919. The molecule has 1 aliphatic heterocycles. The zero-order valence-corrected chi connectivity index (χ0v) is 10.8. The Kier molecular flexibility index (Phi) is 2.68. The Morgan fingerprint density at radius 1 is 1.43 bits per heavy atom. The summed E-state index contributed by atoms with van der Waals surface area (Å²) in [7, 11) is 1.28. The third-order valence-corrected chi connectivity index (χ3v) is 3.49. The van der Waals surface area contributed by atoms with Gasteiger partial charge in [-0.25, -0.2) is 4.39 Å². The molecule has 21 heavy (non-hydrogen) atoms. The van der Waals surface area contributed by atoms with Crippen molar-refractivity contribution in [3.05, 3.63) is 52.0 Å². The van der Waals surface area contributed by atoms with Crippen molar-refractivity contribution in [3.63, 3.8) is 0 Å². The molecule has 1 aromatic carbocycles. The second kappa shape index (κ2) is 4.21. The Bertz CT molecular complexity index is 763. The van der Waals surface area contributed by atoms with Crippen LogP contribution >= 0.6 is 0 Å². The lowest BCUT2D eigenvalue weighted by atomic mass is 9.94. The Labute approximate surface area is 118 Å². The van der Waals surface area contributed by atoms with Gasteiger partial charge < -0.3 is 15.1 Å². The van der Waals surface area contributed by atoms with E-state index in [4.69, 9.17) is 0 Å². The molecule has 0 atom stereocenters. The van der Waals surface area contributed by atoms with Gasteiger partial charge >= 0.3 is 0 Å². The molecule has 0 spiro atoms. The molecule has 108 valence electrons. The molecular weight excluding hydrogens is 281 g/mol. The number of halogens is 1. The van der Waals surface area contributed by atoms with E-state index in [1.54, 1.807) is 6.07 Å². The molecule has 0 aliphatic carbocycles. The van der Waals surface area contributed by atoms with Gasteiger partial charge in [-0.15, -0.1) is 0 Å². The number of hydrogen-bond donors (Lipinski definition) is 2. The lowest BCUT2D eigenvalue weighted by molar-refractivity contribution is -0.384. The summed E-state index contributed by atoms with van der Waals surface area (Å²) >= 11 is 0. The minimum atomic E-state index is -2.59. The van der Waals surface area contributed by atoms with Crippen LogP contribution in [0.15, 0.2) is 30.5 Å². The monoisotopic (exact) mass is 291 g/mol. The molecule has 0 radical (unpaired) electrons. The van der Waals surface area contributed by atoms with Crippen molar-refractivity contribution in [2.24, 2.45) is 0 Å². The molecule has 2 heterocycles. The predicted octanol–water partition coefficient (Wildman–Crippen LogP) is 1.34. The highest BCUT2D eigenvalue weighted by atomic mass is 19.1. The lowest BCUT2D eigenvalue weighted by Crippen LogP contribution is -2.47. The fraction of sp³-hybridized carbons (Fsp3) is 0.154. The molecule has 8 heteroatoms. The van der Waals surface area contributed by atoms with Crippen LogP contribution in [0.25, 0.3) is 11.3 Å². The minimum absolute atomic E-state index is 0.0131. The third kappa shape index (κ3) is 1.77. The topological polar surface area (TPSA) is 99.7 Å². The van der Waals surface area contributed by atoms with Gasteiger partial charge in [-0.05, 0) is 6.07 Å². The van der Waals surface area contributed by atoms with Crippen molar-refractivity contribution in [1.29, 1.82) is 0 Å². The van der Waals surface area contributed by atoms with Crippen molar-refractivity contribution >= 4 is 11.4 Å². The number of aromatic nitrogens is 1. The number of pyridine rings is 1. The minimum Gasteiger partial charge on any atom is -0.345 e. The molecule has 0 bridgehead atoms. The second-order valence-electron chi connectivity index (χ2n) is 4.67. The van der Waals surface area contributed by atoms with Crippen LogP contribution in [0.3, 0.4) is 0 Å². The highest BCUT2D eigenvalue weighted by molar-refractivity contribution is 5.88. The fourth-order valence-electron chi connectivity index (χ4n) is 2.47. The Morgan fingerprint density at radius 2 is 2.14 bits per heavy atom. The molecule has 0 saturated carbocycles. The third-order valence-electron chi connectivity index (χ3n) is 3.49. The molecule has 0 unspecified atom stereocenters. The van der Waals surface area contributed by atoms with Crippen LogP contribution in [0.4, 0.5) is 15.8 Å². The van der Waals surface area contributed by atoms with Gasteiger partial charge in [0.15, 0.2) is 0 Å². The van der Waals surface area contributed by atoms with Gasteiger partial charge in [0.1, 0.15) is 11.5 Å². The number of benzene rings is 1. The van der Waals surface area contributed by atoms with Gasteiger partial charge in [-0.3, -0.25) is 15.1 Å². The maximum Gasteiger partial charge on any atom is 0.293 e. The van der Waals surface area contributed by atoms with E-state index in [1.165, 1.54) is 19.2 Å². The average molecular weight is 291 g/mol. The summed E-state index contributed by atoms with van der Waals surface area (Å²) in [5.41, 5.74) is -0.0185. The predicted molar refractivity (Wildman–Crippen MR) is 70.8 cm³/mol. The first-order valence-corrected chi connectivity index (χ1v) is 5.96. The van der Waals surface area contributed by atoms with Crippen molar-refractivity contribution in [2.45, 2.75) is 5.91 Å². The highest BCUT2D eigenvalue weighted by Gasteiger charge is 2.44. The first-order valence-electron chi connectivity index (χ1n) is 5.96. The standard InChI is InChI=1S/C13H10FN3O4/c1-16-12-8(3-2-4-10(12)17(20)21)11-9(13(16,18)19)5-7(14)6-15-11/h2-6,18-19H,1H3. The number of anilines is 1. The first kappa shape index (κ1) is 13.4. The van der Waals surface area contributed by atoms with Crippen LogP contribution in [0.1, 0.15) is 5.56 Å². The van der Waals surface area contributed by atoms with Gasteiger partial charge in [-0.2, -0.15) is 0 Å². The smallest absolute Gasteiger partial charge is 0.293 e. The molecule has 0 fully saturated rings. The van der Waals surface area contributed by atoms with Crippen LogP contribution in [-0.2, 0) is 5.91 Å². The summed E-state index contributed by atoms with van der Waals surface area (Å²) < 4.78 is 13.3. The Balaban J connectivity index is 2.41. The Morgan fingerprint density at radius 3 is 2.81 bits per heavy atom. The number of nitrogens with zero attached hydrogens (tertiary/aromatic N) is 3. The van der Waals surface area contributed by atoms with Crippen LogP contribution in [0.2, 0.25) is 0 Å². The van der Waals surface area contributed by atoms with Gasteiger partial charge in [0, 0.05) is 18.7 Å². The van der Waals surface area contributed by atoms with Crippen molar-refractivity contribution < 1.29 is 19.5 Å². The lowest BCUT2D eigenvalue weighted by Gasteiger charge is -2.39. The fourth-order valence-corrected chi connectivity index (χ4v) is 2.47. The number of nitro groups is 1. The van der Waals surface area contributed by atoms with Crippen molar-refractivity contribution in [2.75, 3.05) is 11.9 Å². The second-order valence-corrected chi connectivity index (χ2v) is 4.67.